The predicted octanol–water partition coefficient (Wildman–Crippen LogP) is 2.78. The maximum absolute atomic E-state index is 7.81. The van der Waals surface area contributed by atoms with E-state index in [2.05, 4.69) is 15.9 Å². The molecule has 70 valence electrons. The summed E-state index contributed by atoms with van der Waals surface area (Å²) >= 11 is 3.33. The first kappa shape index (κ1) is 5.08. The Bertz CT molecular complexity index is 598. The fraction of sp³-hybridized carbons (Fsp3) is 0.0833. The molecule has 2 rings (SSSR count). The molecule has 0 amide bonds. The van der Waals surface area contributed by atoms with Gasteiger partial charge in [0, 0.05) is 22.1 Å². The van der Waals surface area contributed by atoms with Crippen LogP contribution < -0.4 is 4.57 Å². The van der Waals surface area contributed by atoms with Crippen molar-refractivity contribution in [3.8, 4) is 0 Å². The molecule has 0 fully saturated rings. The van der Waals surface area contributed by atoms with Gasteiger partial charge in [-0.05, 0) is 12.1 Å². The largest absolute Gasteiger partial charge is 0.201 e. The number of rotatable bonds is 2. The third kappa shape index (κ3) is 2.42. The summed E-state index contributed by atoms with van der Waals surface area (Å²) < 4.78 is 40.5. The molecule has 14 heavy (non-hydrogen) atoms. The van der Waals surface area contributed by atoms with Crippen LogP contribution in [0.5, 0.6) is 0 Å². The van der Waals surface area contributed by atoms with Crippen LogP contribution in [0.3, 0.4) is 0 Å². The molecule has 0 atom stereocenters. The molecule has 0 radical (unpaired) electrons. The van der Waals surface area contributed by atoms with Crippen LogP contribution in [0.15, 0.2) is 59.2 Å². The molecule has 0 N–H and O–H groups in total. The lowest BCUT2D eigenvalue weighted by Gasteiger charge is -1.97. The summed E-state index contributed by atoms with van der Waals surface area (Å²) in [5.41, 5.74) is 0.867. The molecule has 1 aromatic heterocycles. The van der Waals surface area contributed by atoms with Crippen molar-refractivity contribution in [3.05, 3.63) is 64.8 Å². The highest BCUT2D eigenvalue weighted by Gasteiger charge is 1.99. The van der Waals surface area contributed by atoms with Gasteiger partial charge in [0.1, 0.15) is 2.74 Å². The molecule has 1 nitrogen and oxygen atoms in total. The molecular formula is C12H11BrN+. The van der Waals surface area contributed by atoms with Crippen molar-refractivity contribution in [1.82, 2.24) is 0 Å². The molecule has 0 saturated carbocycles. The van der Waals surface area contributed by atoms with E-state index in [9.17, 15) is 0 Å². The van der Waals surface area contributed by atoms with Crippen LogP contribution in [-0.4, -0.2) is 0 Å². The van der Waals surface area contributed by atoms with Crippen molar-refractivity contribution in [2.75, 3.05) is 0 Å². The summed E-state index contributed by atoms with van der Waals surface area (Å²) in [6, 6.07) is 6.38. The molecule has 2 aromatic rings. The standard InChI is InChI=1S/C12H11BrN/c13-12-6-4-11(5-7-12)10-14-8-2-1-3-9-14/h1-9H,10H2/q+1/i1D,2D,3D,8D,9D. The van der Waals surface area contributed by atoms with E-state index < -0.39 is 0 Å². The molecule has 1 heterocycles. The Morgan fingerprint density at radius 2 is 1.71 bits per heavy atom. The van der Waals surface area contributed by atoms with Crippen LogP contribution in [-0.2, 0) is 6.54 Å². The number of pyridine rings is 1. The van der Waals surface area contributed by atoms with Crippen LogP contribution in [0.25, 0.3) is 0 Å². The second-order valence-corrected chi connectivity index (χ2v) is 3.73. The first-order valence-corrected chi connectivity index (χ1v) is 4.92. The van der Waals surface area contributed by atoms with Gasteiger partial charge in [-0.15, -0.1) is 0 Å². The van der Waals surface area contributed by atoms with Crippen LogP contribution >= 0.6 is 15.9 Å². The number of hydrogen-bond acceptors (Lipinski definition) is 0. The maximum Gasteiger partial charge on any atom is 0.173 e. The number of nitrogens with zero attached hydrogens (tertiary/aromatic N) is 1. The van der Waals surface area contributed by atoms with Crippen molar-refractivity contribution in [1.29, 1.82) is 0 Å². The van der Waals surface area contributed by atoms with Crippen molar-refractivity contribution in [2.24, 2.45) is 0 Å². The SMILES string of the molecule is [2H]c1c([2H])c([2H])[n+](Cc2ccc(Br)cc2)c([2H])c1[2H]. The van der Waals surface area contributed by atoms with E-state index in [1.54, 1.807) is 0 Å². The van der Waals surface area contributed by atoms with E-state index in [-0.39, 0.29) is 37.0 Å². The Balaban J connectivity index is 2.48. The molecule has 0 unspecified atom stereocenters. The van der Waals surface area contributed by atoms with Gasteiger partial charge in [-0.1, -0.05) is 34.1 Å². The molecule has 0 aliphatic rings. The zero-order valence-corrected chi connectivity index (χ0v) is 8.93. The fourth-order valence-electron chi connectivity index (χ4n) is 1.10. The van der Waals surface area contributed by atoms with E-state index in [1.807, 2.05) is 24.3 Å². The van der Waals surface area contributed by atoms with Gasteiger partial charge in [-0.2, -0.15) is 0 Å². The van der Waals surface area contributed by atoms with E-state index in [0.29, 0.717) is 0 Å². The molecule has 0 saturated heterocycles. The van der Waals surface area contributed by atoms with Gasteiger partial charge in [0.25, 0.3) is 0 Å². The Hall–Kier alpha value is -1.15. The van der Waals surface area contributed by atoms with E-state index in [1.165, 1.54) is 4.57 Å². The Morgan fingerprint density at radius 1 is 1.07 bits per heavy atom. The zero-order valence-electron chi connectivity index (χ0n) is 12.3. The molecule has 0 spiro atoms. The maximum atomic E-state index is 7.81. The van der Waals surface area contributed by atoms with Crippen molar-refractivity contribution >= 4 is 15.9 Å². The topological polar surface area (TPSA) is 3.88 Å². The number of benzene rings is 1. The van der Waals surface area contributed by atoms with Crippen LogP contribution in [0, 0.1) is 0 Å². The van der Waals surface area contributed by atoms with Gasteiger partial charge in [-0.3, -0.25) is 0 Å². The van der Waals surface area contributed by atoms with Gasteiger partial charge < -0.3 is 0 Å². The monoisotopic (exact) mass is 253 g/mol. The van der Waals surface area contributed by atoms with Gasteiger partial charge in [0.2, 0.25) is 0 Å². The quantitative estimate of drug-likeness (QED) is 0.725. The van der Waals surface area contributed by atoms with Crippen molar-refractivity contribution < 1.29 is 11.4 Å². The average Bonchev–Trinajstić information content (AvgIpc) is 2.41. The third-order valence-corrected chi connectivity index (χ3v) is 2.29. The highest BCUT2D eigenvalue weighted by Crippen LogP contribution is 2.09. The minimum atomic E-state index is -0.373. The summed E-state index contributed by atoms with van der Waals surface area (Å²) in [6.45, 7) is 0.239. The summed E-state index contributed by atoms with van der Waals surface area (Å²) in [5.74, 6) is 0. The first-order chi connectivity index (χ1) is 8.91. The number of halogens is 1. The molecule has 0 aliphatic carbocycles. The summed E-state index contributed by atoms with van der Waals surface area (Å²) in [5, 5.41) is 0. The number of aromatic nitrogens is 1. The number of hydrogen-bond donors (Lipinski definition) is 0. The zero-order chi connectivity index (χ0) is 14.2. The third-order valence-electron chi connectivity index (χ3n) is 1.76. The van der Waals surface area contributed by atoms with Gasteiger partial charge in [-0.25, -0.2) is 4.57 Å². The fourth-order valence-corrected chi connectivity index (χ4v) is 1.37. The Labute approximate surface area is 99.2 Å². The lowest BCUT2D eigenvalue weighted by Crippen LogP contribution is -2.32. The highest BCUT2D eigenvalue weighted by molar-refractivity contribution is 9.10. The van der Waals surface area contributed by atoms with E-state index >= 15 is 0 Å². The molecular weight excluding hydrogens is 238 g/mol. The van der Waals surface area contributed by atoms with Gasteiger partial charge >= 0.3 is 0 Å². The molecule has 0 bridgehead atoms. The Kier molecular flexibility index (Phi) is 1.59. The van der Waals surface area contributed by atoms with Gasteiger partial charge in [0.05, 0.1) is 4.11 Å². The highest BCUT2D eigenvalue weighted by atomic mass is 79.9. The van der Waals surface area contributed by atoms with E-state index in [0.717, 1.165) is 10.0 Å². The summed E-state index contributed by atoms with van der Waals surface area (Å²) in [7, 11) is 0. The van der Waals surface area contributed by atoms with Crippen LogP contribution in [0.1, 0.15) is 12.4 Å². The molecule has 2 heteroatoms. The van der Waals surface area contributed by atoms with E-state index in [4.69, 9.17) is 6.85 Å². The minimum absolute atomic E-state index is 0.214. The Morgan fingerprint density at radius 3 is 2.36 bits per heavy atom. The molecule has 1 aromatic carbocycles. The lowest BCUT2D eigenvalue weighted by atomic mass is 10.2. The summed E-state index contributed by atoms with van der Waals surface area (Å²) in [4.78, 5) is 0. The minimum Gasteiger partial charge on any atom is -0.201 e. The first-order valence-electron chi connectivity index (χ1n) is 6.63. The summed E-state index contributed by atoms with van der Waals surface area (Å²) in [6.07, 6.45) is -0.428. The van der Waals surface area contributed by atoms with Crippen LogP contribution in [0.2, 0.25) is 0 Å². The normalized spacial score (nSPS) is 15.1. The van der Waals surface area contributed by atoms with Crippen LogP contribution in [0.4, 0.5) is 0 Å². The van der Waals surface area contributed by atoms with Gasteiger partial charge in [0.15, 0.2) is 18.9 Å². The van der Waals surface area contributed by atoms with Crippen molar-refractivity contribution in [3.63, 3.8) is 0 Å². The van der Waals surface area contributed by atoms with Crippen molar-refractivity contribution in [2.45, 2.75) is 6.54 Å². The average molecular weight is 254 g/mol. The second kappa shape index (κ2) is 4.38. The predicted molar refractivity (Wildman–Crippen MR) is 59.9 cm³/mol. The molecule has 0 aliphatic heterocycles. The smallest absolute Gasteiger partial charge is 0.173 e. The second-order valence-electron chi connectivity index (χ2n) is 2.81. The lowest BCUT2D eigenvalue weighted by molar-refractivity contribution is -0.688.